The molecule has 2 rings (SSSR count). The van der Waals surface area contributed by atoms with Crippen LogP contribution in [0.25, 0.3) is 0 Å². The average Bonchev–Trinajstić information content (AvgIpc) is 2.57. The number of primary amides is 1. The first-order valence-corrected chi connectivity index (χ1v) is 9.44. The molecule has 0 aromatic heterocycles. The first-order valence-electron chi connectivity index (χ1n) is 7.38. The van der Waals surface area contributed by atoms with Crippen molar-refractivity contribution in [3.05, 3.63) is 0 Å². The molecule has 0 unspecified atom stereocenters. The molecule has 2 fully saturated rings. The summed E-state index contributed by atoms with van der Waals surface area (Å²) in [4.78, 5) is 13.9. The minimum absolute atomic E-state index is 0. The highest BCUT2D eigenvalue weighted by molar-refractivity contribution is 7.90. The van der Waals surface area contributed by atoms with Gasteiger partial charge in [-0.05, 0) is 32.1 Å². The number of rotatable bonds is 7. The van der Waals surface area contributed by atoms with Gasteiger partial charge in [-0.3, -0.25) is 9.69 Å². The molecule has 2 aliphatic heterocycles. The molecule has 22 heavy (non-hydrogen) atoms. The van der Waals surface area contributed by atoms with Crippen LogP contribution in [0.3, 0.4) is 0 Å². The summed E-state index contributed by atoms with van der Waals surface area (Å²) < 4.78 is 22.1. The number of piperidine rings is 1. The van der Waals surface area contributed by atoms with Crippen molar-refractivity contribution in [2.45, 2.75) is 49.8 Å². The standard InChI is InChI=1S/C13H25N3O4S.ClH/c1-21(19,20)9-15-7-11(17)8-16-10-3-2-5-13(16,6-4-10)12(14)18;/h10-11,15,17H,2-9H2,1H3,(H2,14,18);1H/t10-,11+,13+;/m1./s1. The predicted molar refractivity (Wildman–Crippen MR) is 86.5 cm³/mol. The van der Waals surface area contributed by atoms with Crippen molar-refractivity contribution in [3.8, 4) is 0 Å². The summed E-state index contributed by atoms with van der Waals surface area (Å²) in [5.74, 6) is -0.463. The Hall–Kier alpha value is -0.410. The van der Waals surface area contributed by atoms with Crippen LogP contribution in [-0.4, -0.2) is 67.2 Å². The molecule has 0 radical (unpaired) electrons. The zero-order valence-electron chi connectivity index (χ0n) is 12.8. The van der Waals surface area contributed by atoms with Crippen molar-refractivity contribution < 1.29 is 18.3 Å². The largest absolute Gasteiger partial charge is 0.390 e. The Bertz CT molecular complexity index is 498. The molecular weight excluding hydrogens is 330 g/mol. The number of nitrogens with two attached hydrogens (primary N) is 1. The molecule has 130 valence electrons. The second kappa shape index (κ2) is 7.44. The Morgan fingerprint density at radius 1 is 1.45 bits per heavy atom. The van der Waals surface area contributed by atoms with Gasteiger partial charge in [-0.1, -0.05) is 0 Å². The van der Waals surface area contributed by atoms with Crippen molar-refractivity contribution in [1.82, 2.24) is 10.2 Å². The van der Waals surface area contributed by atoms with Gasteiger partial charge in [0.05, 0.1) is 12.0 Å². The van der Waals surface area contributed by atoms with Crippen molar-refractivity contribution >= 4 is 28.2 Å². The molecule has 2 aliphatic rings. The molecule has 2 heterocycles. The molecule has 3 atom stereocenters. The van der Waals surface area contributed by atoms with Gasteiger partial charge >= 0.3 is 0 Å². The molecule has 1 amide bonds. The summed E-state index contributed by atoms with van der Waals surface area (Å²) in [5, 5.41) is 12.8. The van der Waals surface area contributed by atoms with E-state index in [1.165, 1.54) is 0 Å². The third-order valence-corrected chi connectivity index (χ3v) is 5.35. The maximum Gasteiger partial charge on any atom is 0.237 e. The summed E-state index contributed by atoms with van der Waals surface area (Å²) in [6.07, 6.45) is 4.89. The van der Waals surface area contributed by atoms with E-state index >= 15 is 0 Å². The number of aliphatic hydroxyl groups is 1. The molecule has 4 N–H and O–H groups in total. The van der Waals surface area contributed by atoms with E-state index in [2.05, 4.69) is 5.32 Å². The highest BCUT2D eigenvalue weighted by Gasteiger charge is 2.52. The number of nitrogens with one attached hydrogen (secondary N) is 1. The van der Waals surface area contributed by atoms with Crippen molar-refractivity contribution in [2.24, 2.45) is 5.73 Å². The number of halogens is 1. The summed E-state index contributed by atoms with van der Waals surface area (Å²) in [5.41, 5.74) is 5.00. The lowest BCUT2D eigenvalue weighted by molar-refractivity contribution is -0.132. The lowest BCUT2D eigenvalue weighted by atomic mass is 9.87. The number of sulfone groups is 1. The maximum atomic E-state index is 11.9. The Labute approximate surface area is 137 Å². The van der Waals surface area contributed by atoms with Crippen LogP contribution in [0.5, 0.6) is 0 Å². The summed E-state index contributed by atoms with van der Waals surface area (Å²) >= 11 is 0. The van der Waals surface area contributed by atoms with Gasteiger partial charge in [-0.2, -0.15) is 0 Å². The van der Waals surface area contributed by atoms with Gasteiger partial charge in [0.15, 0.2) is 9.84 Å². The first-order chi connectivity index (χ1) is 9.74. The molecule has 9 heteroatoms. The lowest BCUT2D eigenvalue weighted by Gasteiger charge is -2.43. The summed E-state index contributed by atoms with van der Waals surface area (Å²) in [7, 11) is -3.10. The number of hydrogen-bond acceptors (Lipinski definition) is 6. The molecule has 2 saturated heterocycles. The van der Waals surface area contributed by atoms with E-state index in [-0.39, 0.29) is 30.7 Å². The van der Waals surface area contributed by atoms with E-state index in [0.717, 1.165) is 38.4 Å². The number of carbonyl (C=O) groups excluding carboxylic acids is 1. The lowest BCUT2D eigenvalue weighted by Crippen LogP contribution is -2.60. The number of β-amino-alcohol motifs (C(OH)–C–C–N with tert-alkyl or cyclic N) is 1. The van der Waals surface area contributed by atoms with Crippen LogP contribution in [0.2, 0.25) is 0 Å². The van der Waals surface area contributed by atoms with Crippen LogP contribution in [0, 0.1) is 0 Å². The van der Waals surface area contributed by atoms with Crippen molar-refractivity contribution in [2.75, 3.05) is 25.2 Å². The minimum Gasteiger partial charge on any atom is -0.390 e. The fourth-order valence-electron chi connectivity index (χ4n) is 3.67. The quantitative estimate of drug-likeness (QED) is 0.553. The van der Waals surface area contributed by atoms with Gasteiger partial charge in [-0.25, -0.2) is 8.42 Å². The zero-order chi connectivity index (χ0) is 15.7. The van der Waals surface area contributed by atoms with Crippen LogP contribution in [-0.2, 0) is 14.6 Å². The molecule has 0 aromatic rings. The Morgan fingerprint density at radius 3 is 2.73 bits per heavy atom. The van der Waals surface area contributed by atoms with Crippen LogP contribution in [0.4, 0.5) is 0 Å². The highest BCUT2D eigenvalue weighted by Crippen LogP contribution is 2.43. The van der Waals surface area contributed by atoms with Crippen LogP contribution < -0.4 is 11.1 Å². The normalized spacial score (nSPS) is 29.8. The number of carbonyl (C=O) groups is 1. The number of fused-ring (bicyclic) bond motifs is 2. The fourth-order valence-corrected chi connectivity index (χ4v) is 4.16. The van der Waals surface area contributed by atoms with E-state index in [9.17, 15) is 18.3 Å². The summed E-state index contributed by atoms with van der Waals surface area (Å²) in [6.45, 7) is 0.537. The second-order valence-corrected chi connectivity index (χ2v) is 8.45. The van der Waals surface area contributed by atoms with Gasteiger partial charge in [0.2, 0.25) is 5.91 Å². The predicted octanol–water partition coefficient (Wildman–Crippen LogP) is -0.767. The van der Waals surface area contributed by atoms with E-state index in [1.807, 2.05) is 4.90 Å². The smallest absolute Gasteiger partial charge is 0.237 e. The molecule has 2 bridgehead atoms. The fraction of sp³-hybridized carbons (Fsp3) is 0.923. The SMILES string of the molecule is CS(=O)(=O)CNC[C@H](O)CN1[C@@H]2CCC[C@@]1(C(N)=O)CC2.Cl. The average molecular weight is 356 g/mol. The van der Waals surface area contributed by atoms with E-state index in [0.29, 0.717) is 12.6 Å². The third-order valence-electron chi connectivity index (χ3n) is 4.62. The molecule has 0 aromatic carbocycles. The van der Waals surface area contributed by atoms with Crippen molar-refractivity contribution in [1.29, 1.82) is 0 Å². The third kappa shape index (κ3) is 4.32. The minimum atomic E-state index is -3.10. The van der Waals surface area contributed by atoms with Crippen molar-refractivity contribution in [3.63, 3.8) is 0 Å². The number of amides is 1. The topological polar surface area (TPSA) is 113 Å². The highest BCUT2D eigenvalue weighted by atomic mass is 35.5. The van der Waals surface area contributed by atoms with Crippen LogP contribution in [0.15, 0.2) is 0 Å². The monoisotopic (exact) mass is 355 g/mol. The number of hydrogen-bond donors (Lipinski definition) is 3. The molecule has 0 saturated carbocycles. The van der Waals surface area contributed by atoms with Gasteiger partial charge in [-0.15, -0.1) is 12.4 Å². The Morgan fingerprint density at radius 2 is 2.14 bits per heavy atom. The Kier molecular flexibility index (Phi) is 6.64. The molecular formula is C13H26ClN3O4S. The molecule has 0 spiro atoms. The first kappa shape index (κ1) is 19.6. The molecule has 7 nitrogen and oxygen atoms in total. The van der Waals surface area contributed by atoms with E-state index in [1.54, 1.807) is 0 Å². The van der Waals surface area contributed by atoms with Gasteiger partial charge in [0.25, 0.3) is 0 Å². The summed E-state index contributed by atoms with van der Waals surface area (Å²) in [6, 6.07) is 0.302. The van der Waals surface area contributed by atoms with E-state index < -0.39 is 21.5 Å². The maximum absolute atomic E-state index is 11.9. The second-order valence-electron chi connectivity index (χ2n) is 6.31. The van der Waals surface area contributed by atoms with Gasteiger partial charge < -0.3 is 16.2 Å². The number of aliphatic hydroxyl groups excluding tert-OH is 1. The Balaban J connectivity index is 0.00000242. The zero-order valence-corrected chi connectivity index (χ0v) is 14.5. The van der Waals surface area contributed by atoms with Crippen LogP contribution >= 0.6 is 12.4 Å². The molecule has 0 aliphatic carbocycles. The van der Waals surface area contributed by atoms with E-state index in [4.69, 9.17) is 5.73 Å². The van der Waals surface area contributed by atoms with Gasteiger partial charge in [0, 0.05) is 25.4 Å². The van der Waals surface area contributed by atoms with Gasteiger partial charge in [0.1, 0.15) is 5.54 Å². The number of nitrogens with zero attached hydrogens (tertiary/aromatic N) is 1. The van der Waals surface area contributed by atoms with Crippen LogP contribution in [0.1, 0.15) is 32.1 Å².